The van der Waals surface area contributed by atoms with Crippen molar-refractivity contribution in [2.75, 3.05) is 0 Å². The Bertz CT molecular complexity index is 3670. The van der Waals surface area contributed by atoms with Crippen molar-refractivity contribution in [3.05, 3.63) is 229 Å². The number of aromatic nitrogens is 2. The van der Waals surface area contributed by atoms with E-state index >= 15 is 0 Å². The fourth-order valence-corrected chi connectivity index (χ4v) is 10.5. The molecule has 60 heavy (non-hydrogen) atoms. The molecule has 0 aliphatic heterocycles. The van der Waals surface area contributed by atoms with Crippen LogP contribution in [0.3, 0.4) is 0 Å². The van der Waals surface area contributed by atoms with Crippen molar-refractivity contribution in [2.24, 2.45) is 0 Å². The smallest absolute Gasteiger partial charge is 0.145 e. The zero-order chi connectivity index (χ0) is 39.3. The molecule has 1 unspecified atom stereocenters. The quantitative estimate of drug-likeness (QED) is 0.129. The first-order valence-corrected chi connectivity index (χ1v) is 20.8. The Morgan fingerprint density at radius 3 is 1.68 bits per heavy atom. The molecule has 1 aromatic heterocycles. The summed E-state index contributed by atoms with van der Waals surface area (Å²) in [5, 5.41) is 12.2. The maximum absolute atomic E-state index is 5.73. The van der Waals surface area contributed by atoms with Crippen molar-refractivity contribution in [1.82, 2.24) is 9.55 Å². The Morgan fingerprint density at radius 2 is 0.933 bits per heavy atom. The number of rotatable bonds is 4. The van der Waals surface area contributed by atoms with E-state index in [1.807, 2.05) is 0 Å². The highest BCUT2D eigenvalue weighted by Crippen LogP contribution is 2.50. The number of fused-ring (bicyclic) bond motifs is 12. The molecule has 11 aromatic carbocycles. The summed E-state index contributed by atoms with van der Waals surface area (Å²) in [4.78, 5) is 5.73. The first-order valence-electron chi connectivity index (χ1n) is 20.8. The van der Waals surface area contributed by atoms with Gasteiger partial charge in [-0.1, -0.05) is 194 Å². The van der Waals surface area contributed by atoms with Crippen molar-refractivity contribution < 1.29 is 0 Å². The van der Waals surface area contributed by atoms with Gasteiger partial charge in [0.1, 0.15) is 5.82 Å². The number of imidazole rings is 1. The Labute approximate surface area is 347 Å². The molecule has 0 bridgehead atoms. The molecule has 0 saturated carbocycles. The summed E-state index contributed by atoms with van der Waals surface area (Å²) in [5.41, 5.74) is 13.4. The molecular formula is C58H36N2. The highest BCUT2D eigenvalue weighted by molar-refractivity contribution is 6.25. The molecule has 1 aliphatic rings. The van der Waals surface area contributed by atoms with E-state index < -0.39 is 0 Å². The van der Waals surface area contributed by atoms with E-state index in [1.54, 1.807) is 0 Å². The predicted octanol–water partition coefficient (Wildman–Crippen LogP) is 15.3. The van der Waals surface area contributed by atoms with Gasteiger partial charge in [0.05, 0.1) is 16.7 Å². The van der Waals surface area contributed by atoms with Crippen LogP contribution in [0.5, 0.6) is 0 Å². The molecule has 2 heteroatoms. The zero-order valence-electron chi connectivity index (χ0n) is 32.7. The third kappa shape index (κ3) is 4.73. The zero-order valence-corrected chi connectivity index (χ0v) is 32.7. The van der Waals surface area contributed by atoms with Gasteiger partial charge in [-0.3, -0.25) is 4.57 Å². The second-order valence-corrected chi connectivity index (χ2v) is 16.2. The average molecular weight is 761 g/mol. The lowest BCUT2D eigenvalue weighted by molar-refractivity contribution is 1.01. The molecule has 0 saturated heterocycles. The number of benzene rings is 11. The summed E-state index contributed by atoms with van der Waals surface area (Å²) in [7, 11) is 0. The van der Waals surface area contributed by atoms with Crippen LogP contribution in [0, 0.1) is 0 Å². The summed E-state index contributed by atoms with van der Waals surface area (Å²) in [6.45, 7) is 0. The molecule has 0 radical (unpaired) electrons. The Kier molecular flexibility index (Phi) is 7.11. The summed E-state index contributed by atoms with van der Waals surface area (Å²) >= 11 is 0. The Balaban J connectivity index is 1.13. The molecule has 1 atom stereocenters. The van der Waals surface area contributed by atoms with Gasteiger partial charge in [0.15, 0.2) is 0 Å². The second-order valence-electron chi connectivity index (χ2n) is 16.2. The van der Waals surface area contributed by atoms with E-state index in [4.69, 9.17) is 4.98 Å². The van der Waals surface area contributed by atoms with Crippen LogP contribution in [0.2, 0.25) is 0 Å². The highest BCUT2D eigenvalue weighted by Gasteiger charge is 2.31. The molecule has 13 rings (SSSR count). The topological polar surface area (TPSA) is 17.8 Å². The fraction of sp³-hybridized carbons (Fsp3) is 0.0172. The second kappa shape index (κ2) is 12.8. The van der Waals surface area contributed by atoms with Gasteiger partial charge in [0.2, 0.25) is 0 Å². The van der Waals surface area contributed by atoms with E-state index in [1.165, 1.54) is 87.4 Å². The molecule has 0 fully saturated rings. The van der Waals surface area contributed by atoms with Crippen LogP contribution in [-0.2, 0) is 0 Å². The lowest BCUT2D eigenvalue weighted by Gasteiger charge is -2.19. The van der Waals surface area contributed by atoms with Gasteiger partial charge in [-0.05, 0) is 94.8 Å². The molecule has 0 N–H and O–H groups in total. The maximum atomic E-state index is 5.73. The molecule has 0 spiro atoms. The fourth-order valence-electron chi connectivity index (χ4n) is 10.5. The molecular weight excluding hydrogens is 725 g/mol. The van der Waals surface area contributed by atoms with Crippen LogP contribution in [0.25, 0.3) is 104 Å². The Morgan fingerprint density at radius 1 is 0.367 bits per heavy atom. The van der Waals surface area contributed by atoms with Crippen LogP contribution in [0.1, 0.15) is 22.6 Å². The summed E-state index contributed by atoms with van der Waals surface area (Å²) < 4.78 is 2.47. The first-order chi connectivity index (χ1) is 29.8. The predicted molar refractivity (Wildman–Crippen MR) is 252 cm³/mol. The van der Waals surface area contributed by atoms with Gasteiger partial charge in [-0.15, -0.1) is 0 Å². The molecule has 12 aromatic rings. The lowest BCUT2D eigenvalue weighted by Crippen LogP contribution is -2.01. The molecule has 0 amide bonds. The minimum Gasteiger partial charge on any atom is -0.291 e. The van der Waals surface area contributed by atoms with Crippen LogP contribution in [0.4, 0.5) is 0 Å². The Hall–Kier alpha value is -7.81. The normalized spacial score (nSPS) is 13.5. The summed E-state index contributed by atoms with van der Waals surface area (Å²) in [6.07, 6.45) is 0. The largest absolute Gasteiger partial charge is 0.291 e. The van der Waals surface area contributed by atoms with Crippen LogP contribution in [0.15, 0.2) is 212 Å². The van der Waals surface area contributed by atoms with E-state index in [2.05, 4.69) is 217 Å². The molecule has 278 valence electrons. The van der Waals surface area contributed by atoms with Crippen molar-refractivity contribution in [3.63, 3.8) is 0 Å². The van der Waals surface area contributed by atoms with Crippen molar-refractivity contribution in [3.8, 4) is 39.3 Å². The van der Waals surface area contributed by atoms with Crippen LogP contribution >= 0.6 is 0 Å². The van der Waals surface area contributed by atoms with E-state index in [0.29, 0.717) is 0 Å². The van der Waals surface area contributed by atoms with E-state index in [0.717, 1.165) is 33.5 Å². The maximum Gasteiger partial charge on any atom is 0.145 e. The van der Waals surface area contributed by atoms with Crippen molar-refractivity contribution in [2.45, 2.75) is 5.92 Å². The lowest BCUT2D eigenvalue weighted by atomic mass is 9.89. The monoisotopic (exact) mass is 760 g/mol. The number of hydrogen-bond donors (Lipinski definition) is 0. The van der Waals surface area contributed by atoms with Crippen LogP contribution in [-0.4, -0.2) is 9.55 Å². The van der Waals surface area contributed by atoms with Gasteiger partial charge in [0, 0.05) is 27.6 Å². The molecule has 1 aliphatic carbocycles. The van der Waals surface area contributed by atoms with E-state index in [9.17, 15) is 0 Å². The first kappa shape index (κ1) is 33.2. The number of hydrogen-bond acceptors (Lipinski definition) is 1. The standard InChI is InChI=1S/C58H36N2/c1-2-16-36(17-3-1)54-47-27-13-9-25-45(47)52-35-39(30-31-49(52)54)58-59-56-50-28-14-10-22-42(50)43-23-11-15-29-51(43)57(56)60(58)53-33-32-48(44-24-8-12-26-46(44)53)55-40-20-6-4-18-37(40)34-38-19-5-7-21-41(38)55/h1-35,54H. The summed E-state index contributed by atoms with van der Waals surface area (Å²) in [6, 6.07) is 78.1. The molecule has 1 heterocycles. The van der Waals surface area contributed by atoms with Crippen molar-refractivity contribution in [1.29, 1.82) is 0 Å². The van der Waals surface area contributed by atoms with Crippen LogP contribution < -0.4 is 0 Å². The van der Waals surface area contributed by atoms with Gasteiger partial charge in [-0.25, -0.2) is 4.98 Å². The molecule has 2 nitrogen and oxygen atoms in total. The van der Waals surface area contributed by atoms with E-state index in [-0.39, 0.29) is 5.92 Å². The minimum atomic E-state index is 0.180. The van der Waals surface area contributed by atoms with Gasteiger partial charge in [-0.2, -0.15) is 0 Å². The number of nitrogens with zero attached hydrogens (tertiary/aromatic N) is 2. The third-order valence-corrected chi connectivity index (χ3v) is 13.0. The van der Waals surface area contributed by atoms with Gasteiger partial charge < -0.3 is 0 Å². The van der Waals surface area contributed by atoms with Gasteiger partial charge in [0.25, 0.3) is 0 Å². The van der Waals surface area contributed by atoms with Gasteiger partial charge >= 0.3 is 0 Å². The third-order valence-electron chi connectivity index (χ3n) is 13.0. The summed E-state index contributed by atoms with van der Waals surface area (Å²) in [5.74, 6) is 1.11. The minimum absolute atomic E-state index is 0.180. The average Bonchev–Trinajstić information content (AvgIpc) is 3.88. The highest BCUT2D eigenvalue weighted by atomic mass is 15.1. The van der Waals surface area contributed by atoms with Crippen molar-refractivity contribution >= 4 is 64.9 Å². The SMILES string of the molecule is c1ccc(C2c3ccccc3-c3cc(-c4nc5c6ccccc6c6ccccc6c5n4-c4ccc(-c5c6ccccc6cc6ccccc56)c5ccccc45)ccc32)cc1.